The third kappa shape index (κ3) is 6.39. The number of nitrogens with zero attached hydrogens (tertiary/aromatic N) is 1. The number of likely N-dealkylation sites (N-methyl/N-ethyl adjacent to an activating group) is 1. The Morgan fingerprint density at radius 2 is 2.00 bits per heavy atom. The maximum atomic E-state index is 11.9. The first-order valence-electron chi connectivity index (χ1n) is 7.47. The van der Waals surface area contributed by atoms with Crippen molar-refractivity contribution in [2.24, 2.45) is 0 Å². The quantitative estimate of drug-likeness (QED) is 0.490. The minimum absolute atomic E-state index is 0.146. The van der Waals surface area contributed by atoms with Gasteiger partial charge in [-0.05, 0) is 67.1 Å². The normalized spacial score (nSPS) is 16.2. The SMILES string of the molecule is CCOC(=O)C(C)(CCCCN(C)C(C)CC)NC. The minimum atomic E-state index is -0.551. The Hall–Kier alpha value is -0.610. The van der Waals surface area contributed by atoms with Crippen LogP contribution in [0.1, 0.15) is 53.4 Å². The summed E-state index contributed by atoms with van der Waals surface area (Å²) in [6.45, 7) is 9.74. The molecule has 0 aliphatic rings. The van der Waals surface area contributed by atoms with E-state index < -0.39 is 5.54 Å². The van der Waals surface area contributed by atoms with Crippen molar-refractivity contribution >= 4 is 5.97 Å². The van der Waals surface area contributed by atoms with E-state index >= 15 is 0 Å². The van der Waals surface area contributed by atoms with Gasteiger partial charge in [0.25, 0.3) is 0 Å². The number of unbranched alkanes of at least 4 members (excludes halogenated alkanes) is 1. The predicted molar refractivity (Wildman–Crippen MR) is 80.3 cm³/mol. The Morgan fingerprint density at radius 3 is 2.47 bits per heavy atom. The van der Waals surface area contributed by atoms with Crippen LogP contribution in [-0.2, 0) is 9.53 Å². The Balaban J connectivity index is 4.05. The van der Waals surface area contributed by atoms with Gasteiger partial charge in [-0.25, -0.2) is 0 Å². The largest absolute Gasteiger partial charge is 0.465 e. The summed E-state index contributed by atoms with van der Waals surface area (Å²) >= 11 is 0. The van der Waals surface area contributed by atoms with E-state index in [1.807, 2.05) is 20.9 Å². The molecule has 0 spiro atoms. The molecule has 0 radical (unpaired) electrons. The molecular weight excluding hydrogens is 240 g/mol. The summed E-state index contributed by atoms with van der Waals surface area (Å²) in [5, 5.41) is 3.10. The molecule has 2 unspecified atom stereocenters. The van der Waals surface area contributed by atoms with E-state index in [1.54, 1.807) is 0 Å². The van der Waals surface area contributed by atoms with Gasteiger partial charge in [0.15, 0.2) is 0 Å². The van der Waals surface area contributed by atoms with Crippen molar-refractivity contribution in [3.8, 4) is 0 Å². The molecule has 2 atom stereocenters. The van der Waals surface area contributed by atoms with Crippen molar-refractivity contribution in [2.45, 2.75) is 65.0 Å². The first-order valence-corrected chi connectivity index (χ1v) is 7.47. The molecule has 0 aromatic rings. The number of carbonyl (C=O) groups is 1. The van der Waals surface area contributed by atoms with Crippen molar-refractivity contribution in [3.05, 3.63) is 0 Å². The summed E-state index contributed by atoms with van der Waals surface area (Å²) in [7, 11) is 3.99. The molecular formula is C15H32N2O2. The van der Waals surface area contributed by atoms with Crippen molar-refractivity contribution in [1.29, 1.82) is 0 Å². The van der Waals surface area contributed by atoms with Gasteiger partial charge in [0.2, 0.25) is 0 Å². The van der Waals surface area contributed by atoms with Gasteiger partial charge < -0.3 is 15.0 Å². The molecule has 4 heteroatoms. The molecule has 0 bridgehead atoms. The molecule has 4 nitrogen and oxygen atoms in total. The van der Waals surface area contributed by atoms with Crippen molar-refractivity contribution < 1.29 is 9.53 Å². The van der Waals surface area contributed by atoms with Crippen LogP contribution in [0.15, 0.2) is 0 Å². The van der Waals surface area contributed by atoms with Crippen molar-refractivity contribution in [2.75, 3.05) is 27.2 Å². The number of carbonyl (C=O) groups excluding carboxylic acids is 1. The average molecular weight is 272 g/mol. The summed E-state index contributed by atoms with van der Waals surface area (Å²) < 4.78 is 5.12. The van der Waals surface area contributed by atoms with Gasteiger partial charge in [0.05, 0.1) is 6.61 Å². The standard InChI is InChI=1S/C15H32N2O2/c1-7-13(3)17(6)12-10-9-11-15(4,16-5)14(18)19-8-2/h13,16H,7-12H2,1-6H3. The van der Waals surface area contributed by atoms with E-state index in [1.165, 1.54) is 6.42 Å². The molecule has 114 valence electrons. The number of hydrogen-bond donors (Lipinski definition) is 1. The highest BCUT2D eigenvalue weighted by Gasteiger charge is 2.32. The Labute approximate surface area is 118 Å². The van der Waals surface area contributed by atoms with Crippen LogP contribution in [0.25, 0.3) is 0 Å². The Bertz CT molecular complexity index is 259. The molecule has 19 heavy (non-hydrogen) atoms. The average Bonchev–Trinajstić information content (AvgIpc) is 2.42. The van der Waals surface area contributed by atoms with Crippen molar-refractivity contribution in [1.82, 2.24) is 10.2 Å². The summed E-state index contributed by atoms with van der Waals surface area (Å²) in [6.07, 6.45) is 4.12. The van der Waals surface area contributed by atoms with E-state index in [0.717, 1.165) is 25.8 Å². The van der Waals surface area contributed by atoms with Gasteiger partial charge in [-0.15, -0.1) is 0 Å². The van der Waals surface area contributed by atoms with E-state index in [9.17, 15) is 4.79 Å². The minimum Gasteiger partial charge on any atom is -0.465 e. The molecule has 0 amide bonds. The van der Waals surface area contributed by atoms with Crippen LogP contribution in [0.3, 0.4) is 0 Å². The molecule has 0 aliphatic heterocycles. The number of nitrogens with one attached hydrogen (secondary N) is 1. The lowest BCUT2D eigenvalue weighted by molar-refractivity contribution is -0.150. The zero-order chi connectivity index (χ0) is 14.9. The third-order valence-electron chi connectivity index (χ3n) is 4.06. The zero-order valence-corrected chi connectivity index (χ0v) is 13.6. The molecule has 0 saturated carbocycles. The van der Waals surface area contributed by atoms with E-state index in [4.69, 9.17) is 4.74 Å². The molecule has 0 fully saturated rings. The van der Waals surface area contributed by atoms with Crippen LogP contribution >= 0.6 is 0 Å². The highest BCUT2D eigenvalue weighted by molar-refractivity contribution is 5.80. The lowest BCUT2D eigenvalue weighted by Gasteiger charge is -2.28. The van der Waals surface area contributed by atoms with Gasteiger partial charge in [-0.1, -0.05) is 6.92 Å². The number of ether oxygens (including phenoxy) is 1. The van der Waals surface area contributed by atoms with Gasteiger partial charge in [-0.2, -0.15) is 0 Å². The summed E-state index contributed by atoms with van der Waals surface area (Å²) in [5.41, 5.74) is -0.551. The summed E-state index contributed by atoms with van der Waals surface area (Å²) in [5.74, 6) is -0.146. The fourth-order valence-corrected chi connectivity index (χ4v) is 1.99. The second kappa shape index (κ2) is 9.32. The van der Waals surface area contributed by atoms with Gasteiger partial charge in [0, 0.05) is 6.04 Å². The second-order valence-corrected chi connectivity index (χ2v) is 5.50. The van der Waals surface area contributed by atoms with E-state index in [0.29, 0.717) is 12.6 Å². The van der Waals surface area contributed by atoms with Crippen LogP contribution in [0.5, 0.6) is 0 Å². The predicted octanol–water partition coefficient (Wildman–Crippen LogP) is 2.43. The fourth-order valence-electron chi connectivity index (χ4n) is 1.99. The summed E-state index contributed by atoms with van der Waals surface area (Å²) in [6, 6.07) is 0.626. The van der Waals surface area contributed by atoms with Crippen LogP contribution in [-0.4, -0.2) is 49.7 Å². The topological polar surface area (TPSA) is 41.6 Å². The van der Waals surface area contributed by atoms with Gasteiger partial charge in [0.1, 0.15) is 5.54 Å². The van der Waals surface area contributed by atoms with Crippen LogP contribution in [0, 0.1) is 0 Å². The smallest absolute Gasteiger partial charge is 0.326 e. The molecule has 0 aromatic heterocycles. The molecule has 1 N–H and O–H groups in total. The maximum absolute atomic E-state index is 11.9. The molecule has 0 aliphatic carbocycles. The molecule has 0 saturated heterocycles. The number of esters is 1. The third-order valence-corrected chi connectivity index (χ3v) is 4.06. The zero-order valence-electron chi connectivity index (χ0n) is 13.6. The highest BCUT2D eigenvalue weighted by atomic mass is 16.5. The molecule has 0 rings (SSSR count). The number of hydrogen-bond acceptors (Lipinski definition) is 4. The Morgan fingerprint density at radius 1 is 1.37 bits per heavy atom. The van der Waals surface area contributed by atoms with Crippen LogP contribution in [0.4, 0.5) is 0 Å². The number of rotatable bonds is 10. The fraction of sp³-hybridized carbons (Fsp3) is 0.933. The summed E-state index contributed by atoms with van der Waals surface area (Å²) in [4.78, 5) is 14.3. The first-order chi connectivity index (χ1) is 8.91. The van der Waals surface area contributed by atoms with Gasteiger partial charge >= 0.3 is 5.97 Å². The lowest BCUT2D eigenvalue weighted by Crippen LogP contribution is -2.48. The molecule has 0 aromatic carbocycles. The second-order valence-electron chi connectivity index (χ2n) is 5.50. The monoisotopic (exact) mass is 272 g/mol. The highest BCUT2D eigenvalue weighted by Crippen LogP contribution is 2.16. The maximum Gasteiger partial charge on any atom is 0.326 e. The van der Waals surface area contributed by atoms with Crippen LogP contribution in [0.2, 0.25) is 0 Å². The van der Waals surface area contributed by atoms with Crippen molar-refractivity contribution in [3.63, 3.8) is 0 Å². The first kappa shape index (κ1) is 18.4. The molecule has 0 heterocycles. The lowest BCUT2D eigenvalue weighted by atomic mass is 9.95. The van der Waals surface area contributed by atoms with E-state index in [2.05, 4.69) is 31.1 Å². The van der Waals surface area contributed by atoms with Gasteiger partial charge in [-0.3, -0.25) is 4.79 Å². The van der Waals surface area contributed by atoms with Crippen LogP contribution < -0.4 is 5.32 Å². The Kier molecular flexibility index (Phi) is 9.02. The van der Waals surface area contributed by atoms with E-state index in [-0.39, 0.29) is 5.97 Å².